The molecule has 1 aliphatic rings. The fourth-order valence-electron chi connectivity index (χ4n) is 2.59. The van der Waals surface area contributed by atoms with Gasteiger partial charge in [-0.05, 0) is 43.5 Å². The fraction of sp³-hybridized carbons (Fsp3) is 0.533. The van der Waals surface area contributed by atoms with Crippen LogP contribution in [0.1, 0.15) is 37.7 Å². The van der Waals surface area contributed by atoms with E-state index in [1.54, 1.807) is 0 Å². The van der Waals surface area contributed by atoms with Crippen molar-refractivity contribution in [1.82, 2.24) is 5.48 Å². The van der Waals surface area contributed by atoms with Gasteiger partial charge in [0.1, 0.15) is 6.34 Å². The van der Waals surface area contributed by atoms with Gasteiger partial charge in [0, 0.05) is 18.8 Å². The van der Waals surface area contributed by atoms with Crippen LogP contribution in [0.4, 0.5) is 11.4 Å². The van der Waals surface area contributed by atoms with Crippen LogP contribution in [0.2, 0.25) is 0 Å². The van der Waals surface area contributed by atoms with Gasteiger partial charge < -0.3 is 4.90 Å². The van der Waals surface area contributed by atoms with Crippen LogP contribution in [-0.4, -0.2) is 24.6 Å². The summed E-state index contributed by atoms with van der Waals surface area (Å²) in [6.07, 6.45) is 7.94. The summed E-state index contributed by atoms with van der Waals surface area (Å²) in [6, 6.07) is 6.32. The topological polar surface area (TPSA) is 47.9 Å². The molecule has 0 amide bonds. The molecular formula is C15H23N3O. The molecule has 1 aromatic rings. The molecule has 0 unspecified atom stereocenters. The van der Waals surface area contributed by atoms with Crippen molar-refractivity contribution in [2.75, 3.05) is 18.0 Å². The average molecular weight is 261 g/mol. The average Bonchev–Trinajstić information content (AvgIpc) is 2.37. The number of hydroxylamine groups is 1. The molecule has 0 saturated carbocycles. The molecule has 2 N–H and O–H groups in total. The van der Waals surface area contributed by atoms with E-state index in [1.165, 1.54) is 44.1 Å². The number of aliphatic imine (C=N–C) groups is 1. The number of nitrogens with one attached hydrogen (secondary N) is 1. The first-order chi connectivity index (χ1) is 9.31. The van der Waals surface area contributed by atoms with Gasteiger partial charge in [0.05, 0.1) is 5.69 Å². The SMILES string of the molecule is Cc1cc(N2CCCCCCC2)ccc1N=CNO. The van der Waals surface area contributed by atoms with Crippen LogP contribution in [0.5, 0.6) is 0 Å². The van der Waals surface area contributed by atoms with Gasteiger partial charge in [-0.3, -0.25) is 10.7 Å². The lowest BCUT2D eigenvalue weighted by atomic mass is 10.1. The second-order valence-electron chi connectivity index (χ2n) is 5.11. The highest BCUT2D eigenvalue weighted by atomic mass is 16.5. The lowest BCUT2D eigenvalue weighted by molar-refractivity contribution is 0.240. The maximum Gasteiger partial charge on any atom is 0.113 e. The smallest absolute Gasteiger partial charge is 0.113 e. The first-order valence-electron chi connectivity index (χ1n) is 7.09. The minimum atomic E-state index is 0.886. The molecule has 1 saturated heterocycles. The number of hydrogen-bond acceptors (Lipinski definition) is 3. The summed E-state index contributed by atoms with van der Waals surface area (Å²) in [7, 11) is 0. The molecule has 1 aliphatic heterocycles. The number of benzene rings is 1. The van der Waals surface area contributed by atoms with Gasteiger partial charge in [-0.15, -0.1) is 0 Å². The summed E-state index contributed by atoms with van der Waals surface area (Å²) in [5.41, 5.74) is 5.24. The Hall–Kier alpha value is -1.55. The van der Waals surface area contributed by atoms with Gasteiger partial charge in [-0.1, -0.05) is 19.3 Å². The minimum absolute atomic E-state index is 0.886. The molecule has 4 heteroatoms. The Bertz CT molecular complexity index is 423. The third kappa shape index (κ3) is 3.96. The maximum atomic E-state index is 8.53. The van der Waals surface area contributed by atoms with E-state index in [0.29, 0.717) is 0 Å². The quantitative estimate of drug-likeness (QED) is 0.498. The van der Waals surface area contributed by atoms with Crippen LogP contribution in [0.15, 0.2) is 23.2 Å². The van der Waals surface area contributed by atoms with E-state index >= 15 is 0 Å². The van der Waals surface area contributed by atoms with E-state index in [1.807, 2.05) is 11.5 Å². The number of anilines is 1. The monoisotopic (exact) mass is 261 g/mol. The van der Waals surface area contributed by atoms with E-state index in [9.17, 15) is 0 Å². The Labute approximate surface area is 115 Å². The second kappa shape index (κ2) is 7.14. The molecule has 0 aliphatic carbocycles. The van der Waals surface area contributed by atoms with Gasteiger partial charge in [0.25, 0.3) is 0 Å². The highest BCUT2D eigenvalue weighted by molar-refractivity contribution is 5.64. The van der Waals surface area contributed by atoms with Crippen LogP contribution >= 0.6 is 0 Å². The standard InChI is InChI=1S/C15H23N3O/c1-13-11-14(7-8-15(13)16-12-17-19)18-9-5-3-2-4-6-10-18/h7-8,11-12,19H,2-6,9-10H2,1H3,(H,16,17). The summed E-state index contributed by atoms with van der Waals surface area (Å²) in [5.74, 6) is 0. The van der Waals surface area contributed by atoms with Crippen LogP contribution in [0, 0.1) is 6.92 Å². The van der Waals surface area contributed by atoms with E-state index in [2.05, 4.69) is 28.9 Å². The van der Waals surface area contributed by atoms with Crippen LogP contribution in [0.3, 0.4) is 0 Å². The Balaban J connectivity index is 2.11. The second-order valence-corrected chi connectivity index (χ2v) is 5.11. The molecular weight excluding hydrogens is 238 g/mol. The van der Waals surface area contributed by atoms with E-state index in [0.717, 1.165) is 24.3 Å². The largest absolute Gasteiger partial charge is 0.372 e. The molecule has 1 fully saturated rings. The number of rotatable bonds is 3. The van der Waals surface area contributed by atoms with Gasteiger partial charge in [-0.2, -0.15) is 0 Å². The van der Waals surface area contributed by atoms with Gasteiger partial charge >= 0.3 is 0 Å². The molecule has 2 rings (SSSR count). The Morgan fingerprint density at radius 3 is 2.47 bits per heavy atom. The first kappa shape index (κ1) is 13.9. The summed E-state index contributed by atoms with van der Waals surface area (Å²) < 4.78 is 0. The number of nitrogens with zero attached hydrogens (tertiary/aromatic N) is 2. The highest BCUT2D eigenvalue weighted by Crippen LogP contribution is 2.26. The highest BCUT2D eigenvalue weighted by Gasteiger charge is 2.10. The minimum Gasteiger partial charge on any atom is -0.372 e. The molecule has 19 heavy (non-hydrogen) atoms. The molecule has 104 valence electrons. The Kier molecular flexibility index (Phi) is 5.21. The van der Waals surface area contributed by atoms with Crippen molar-refractivity contribution >= 4 is 17.7 Å². The summed E-state index contributed by atoms with van der Waals surface area (Å²) in [6.45, 7) is 4.36. The zero-order chi connectivity index (χ0) is 13.5. The predicted molar refractivity (Wildman–Crippen MR) is 79.6 cm³/mol. The van der Waals surface area contributed by atoms with Crippen molar-refractivity contribution in [1.29, 1.82) is 0 Å². The summed E-state index contributed by atoms with van der Waals surface area (Å²) in [5, 5.41) is 8.53. The molecule has 0 atom stereocenters. The van der Waals surface area contributed by atoms with E-state index < -0.39 is 0 Å². The van der Waals surface area contributed by atoms with Crippen LogP contribution in [-0.2, 0) is 0 Å². The molecule has 1 aromatic carbocycles. The summed E-state index contributed by atoms with van der Waals surface area (Å²) >= 11 is 0. The molecule has 0 spiro atoms. The summed E-state index contributed by atoms with van der Waals surface area (Å²) in [4.78, 5) is 6.62. The first-order valence-corrected chi connectivity index (χ1v) is 7.09. The van der Waals surface area contributed by atoms with Crippen LogP contribution < -0.4 is 10.4 Å². The maximum absolute atomic E-state index is 8.53. The van der Waals surface area contributed by atoms with Crippen molar-refractivity contribution in [2.24, 2.45) is 4.99 Å². The van der Waals surface area contributed by atoms with E-state index in [-0.39, 0.29) is 0 Å². The van der Waals surface area contributed by atoms with Crippen molar-refractivity contribution in [3.05, 3.63) is 23.8 Å². The zero-order valence-electron chi connectivity index (χ0n) is 11.6. The van der Waals surface area contributed by atoms with Gasteiger partial charge in [0.15, 0.2) is 0 Å². The third-order valence-electron chi connectivity index (χ3n) is 3.66. The number of hydrogen-bond donors (Lipinski definition) is 2. The zero-order valence-corrected chi connectivity index (χ0v) is 11.6. The van der Waals surface area contributed by atoms with Crippen LogP contribution in [0.25, 0.3) is 0 Å². The Morgan fingerprint density at radius 2 is 1.84 bits per heavy atom. The molecule has 0 bridgehead atoms. The van der Waals surface area contributed by atoms with Crippen molar-refractivity contribution < 1.29 is 5.21 Å². The Morgan fingerprint density at radius 1 is 1.16 bits per heavy atom. The third-order valence-corrected chi connectivity index (χ3v) is 3.66. The van der Waals surface area contributed by atoms with Crippen molar-refractivity contribution in [2.45, 2.75) is 39.0 Å². The van der Waals surface area contributed by atoms with E-state index in [4.69, 9.17) is 5.21 Å². The fourth-order valence-corrected chi connectivity index (χ4v) is 2.59. The van der Waals surface area contributed by atoms with Crippen molar-refractivity contribution in [3.8, 4) is 0 Å². The van der Waals surface area contributed by atoms with Gasteiger partial charge in [-0.25, -0.2) is 4.99 Å². The van der Waals surface area contributed by atoms with Crippen molar-refractivity contribution in [3.63, 3.8) is 0 Å². The molecule has 0 aromatic heterocycles. The lowest BCUT2D eigenvalue weighted by Gasteiger charge is -2.27. The molecule has 4 nitrogen and oxygen atoms in total. The predicted octanol–water partition coefficient (Wildman–Crippen LogP) is 3.40. The molecule has 1 heterocycles. The lowest BCUT2D eigenvalue weighted by Crippen LogP contribution is -2.26. The molecule has 0 radical (unpaired) electrons. The normalized spacial score (nSPS) is 17.3. The number of aryl methyl sites for hydroxylation is 1. The van der Waals surface area contributed by atoms with Gasteiger partial charge in [0.2, 0.25) is 0 Å².